The van der Waals surface area contributed by atoms with Gasteiger partial charge in [-0.25, -0.2) is 0 Å². The molecule has 2 aliphatic heterocycles. The van der Waals surface area contributed by atoms with Crippen molar-refractivity contribution < 1.29 is 4.74 Å². The fraction of sp³-hybridized carbons (Fsp3) is 0.500. The van der Waals surface area contributed by atoms with Crippen LogP contribution in [0.1, 0.15) is 0 Å². The first-order valence-electron chi connectivity index (χ1n) is 1.94. The molecule has 2 rings (SSSR count). The topological polar surface area (TPSA) is 9.23 Å². The van der Waals surface area contributed by atoms with E-state index in [2.05, 4.69) is 6.08 Å². The third-order valence-electron chi connectivity index (χ3n) is 0.964. The Hall–Kier alpha value is -0.110. The molecule has 1 saturated heterocycles. The van der Waals surface area contributed by atoms with E-state index in [1.807, 2.05) is 11.8 Å². The van der Waals surface area contributed by atoms with Gasteiger partial charge in [-0.2, -0.15) is 0 Å². The zero-order valence-corrected chi connectivity index (χ0v) is 3.94. The molecule has 32 valence electrons. The van der Waals surface area contributed by atoms with Crippen molar-refractivity contribution in [3.8, 4) is 0 Å². The van der Waals surface area contributed by atoms with Crippen LogP contribution in [0.25, 0.3) is 0 Å². The average Bonchev–Trinajstić information content (AvgIpc) is 2.17. The van der Waals surface area contributed by atoms with E-state index in [9.17, 15) is 0 Å². The van der Waals surface area contributed by atoms with Gasteiger partial charge in [0, 0.05) is 0 Å². The van der Waals surface area contributed by atoms with Crippen molar-refractivity contribution in [3.05, 3.63) is 12.3 Å². The first-order valence-corrected chi connectivity index (χ1v) is 2.89. The predicted molar refractivity (Wildman–Crippen MR) is 25.4 cm³/mol. The molecule has 0 aliphatic carbocycles. The molecule has 1 nitrogen and oxygen atoms in total. The van der Waals surface area contributed by atoms with Crippen molar-refractivity contribution in [2.45, 2.75) is 10.7 Å². The third-order valence-corrected chi connectivity index (χ3v) is 2.04. The molecule has 2 aliphatic rings. The lowest BCUT2D eigenvalue weighted by molar-refractivity contribution is 0.276. The SMILES string of the molecule is C1=CC2SC2O1. The Morgan fingerprint density at radius 1 is 1.67 bits per heavy atom. The maximum atomic E-state index is 5.01. The van der Waals surface area contributed by atoms with E-state index >= 15 is 0 Å². The van der Waals surface area contributed by atoms with Crippen LogP contribution in [0.3, 0.4) is 0 Å². The molecule has 0 spiro atoms. The van der Waals surface area contributed by atoms with Gasteiger partial charge in [0.05, 0.1) is 11.5 Å². The lowest BCUT2D eigenvalue weighted by Gasteiger charge is -1.82. The van der Waals surface area contributed by atoms with Crippen molar-refractivity contribution in [2.75, 3.05) is 0 Å². The molecule has 0 aromatic rings. The quantitative estimate of drug-likeness (QED) is 0.419. The molecule has 1 fully saturated rings. The second-order valence-electron chi connectivity index (χ2n) is 1.43. The Morgan fingerprint density at radius 3 is 2.83 bits per heavy atom. The highest BCUT2D eigenvalue weighted by Crippen LogP contribution is 2.46. The van der Waals surface area contributed by atoms with E-state index < -0.39 is 0 Å². The predicted octanol–water partition coefficient (Wildman–Crippen LogP) is 0.972. The average molecular weight is 100 g/mol. The summed E-state index contributed by atoms with van der Waals surface area (Å²) < 4.78 is 5.01. The highest BCUT2D eigenvalue weighted by atomic mass is 32.2. The van der Waals surface area contributed by atoms with E-state index in [-0.39, 0.29) is 0 Å². The van der Waals surface area contributed by atoms with Crippen molar-refractivity contribution in [2.24, 2.45) is 0 Å². The van der Waals surface area contributed by atoms with Gasteiger partial charge in [0.1, 0.15) is 0 Å². The number of rotatable bonds is 0. The summed E-state index contributed by atoms with van der Waals surface area (Å²) in [5.74, 6) is 0. The highest BCUT2D eigenvalue weighted by molar-refractivity contribution is 8.07. The van der Waals surface area contributed by atoms with E-state index in [1.165, 1.54) is 0 Å². The van der Waals surface area contributed by atoms with Crippen LogP contribution in [0.2, 0.25) is 0 Å². The number of fused-ring (bicyclic) bond motifs is 1. The molecule has 2 unspecified atom stereocenters. The number of thioether (sulfide) groups is 1. The Morgan fingerprint density at radius 2 is 2.67 bits per heavy atom. The van der Waals surface area contributed by atoms with Crippen LogP contribution in [0.5, 0.6) is 0 Å². The molecule has 0 N–H and O–H groups in total. The third kappa shape index (κ3) is 0.230. The molecule has 0 radical (unpaired) electrons. The summed E-state index contributed by atoms with van der Waals surface area (Å²) >= 11 is 1.87. The maximum absolute atomic E-state index is 5.01. The Bertz CT molecular complexity index is 99.7. The fourth-order valence-corrected chi connectivity index (χ4v) is 1.21. The van der Waals surface area contributed by atoms with E-state index in [0.717, 1.165) is 5.25 Å². The van der Waals surface area contributed by atoms with Crippen LogP contribution >= 0.6 is 11.8 Å². The van der Waals surface area contributed by atoms with Crippen LogP contribution in [-0.2, 0) is 4.74 Å². The zero-order valence-electron chi connectivity index (χ0n) is 3.13. The first kappa shape index (κ1) is 2.97. The van der Waals surface area contributed by atoms with Crippen LogP contribution in [0.15, 0.2) is 12.3 Å². The van der Waals surface area contributed by atoms with Gasteiger partial charge >= 0.3 is 0 Å². The van der Waals surface area contributed by atoms with Gasteiger partial charge in [-0.3, -0.25) is 0 Å². The molecule has 2 heteroatoms. The summed E-state index contributed by atoms with van der Waals surface area (Å²) in [6.07, 6.45) is 3.88. The molecule has 2 heterocycles. The minimum atomic E-state index is 0.519. The lowest BCUT2D eigenvalue weighted by atomic mass is 10.5. The maximum Gasteiger partial charge on any atom is 0.159 e. The fourth-order valence-electron chi connectivity index (χ4n) is 0.555. The van der Waals surface area contributed by atoms with Crippen molar-refractivity contribution in [1.29, 1.82) is 0 Å². The highest BCUT2D eigenvalue weighted by Gasteiger charge is 2.41. The molecule has 6 heavy (non-hydrogen) atoms. The van der Waals surface area contributed by atoms with Gasteiger partial charge < -0.3 is 4.74 Å². The van der Waals surface area contributed by atoms with Crippen molar-refractivity contribution in [3.63, 3.8) is 0 Å². The Balaban J connectivity index is 2.26. The number of ether oxygens (including phenoxy) is 1. The minimum Gasteiger partial charge on any atom is -0.486 e. The van der Waals surface area contributed by atoms with Crippen LogP contribution in [-0.4, -0.2) is 10.7 Å². The second kappa shape index (κ2) is 0.757. The van der Waals surface area contributed by atoms with Crippen LogP contribution in [0.4, 0.5) is 0 Å². The molecule has 0 bridgehead atoms. The number of hydrogen-bond acceptors (Lipinski definition) is 2. The van der Waals surface area contributed by atoms with Crippen molar-refractivity contribution in [1.82, 2.24) is 0 Å². The smallest absolute Gasteiger partial charge is 0.159 e. The monoisotopic (exact) mass is 100.0 g/mol. The standard InChI is InChI=1S/C4H4OS/c1-2-5-4-3(1)6-4/h1-4H. The molecule has 0 amide bonds. The molecule has 0 aromatic carbocycles. The molecule has 0 aromatic heterocycles. The molecule has 2 atom stereocenters. The van der Waals surface area contributed by atoms with Gasteiger partial charge in [0.25, 0.3) is 0 Å². The normalized spacial score (nSPS) is 48.0. The van der Waals surface area contributed by atoms with E-state index in [0.29, 0.717) is 5.44 Å². The molecule has 0 saturated carbocycles. The van der Waals surface area contributed by atoms with Gasteiger partial charge in [0.15, 0.2) is 5.44 Å². The van der Waals surface area contributed by atoms with E-state index in [1.54, 1.807) is 6.26 Å². The second-order valence-corrected chi connectivity index (χ2v) is 2.71. The van der Waals surface area contributed by atoms with E-state index in [4.69, 9.17) is 4.74 Å². The minimum absolute atomic E-state index is 0.519. The van der Waals surface area contributed by atoms with Crippen LogP contribution in [0, 0.1) is 0 Å². The summed E-state index contributed by atoms with van der Waals surface area (Å²) in [4.78, 5) is 0. The van der Waals surface area contributed by atoms with Gasteiger partial charge in [-0.15, -0.1) is 11.8 Å². The summed E-state index contributed by atoms with van der Waals surface area (Å²) in [7, 11) is 0. The van der Waals surface area contributed by atoms with Gasteiger partial charge in [0.2, 0.25) is 0 Å². The Kier molecular flexibility index (Phi) is 0.374. The summed E-state index contributed by atoms with van der Waals surface area (Å²) in [5, 5.41) is 0.727. The summed E-state index contributed by atoms with van der Waals surface area (Å²) in [5.41, 5.74) is 0.519. The first-order chi connectivity index (χ1) is 2.97. The van der Waals surface area contributed by atoms with Gasteiger partial charge in [-0.05, 0) is 6.08 Å². The number of hydrogen-bond donors (Lipinski definition) is 0. The van der Waals surface area contributed by atoms with Gasteiger partial charge in [-0.1, -0.05) is 0 Å². The van der Waals surface area contributed by atoms with Crippen LogP contribution < -0.4 is 0 Å². The van der Waals surface area contributed by atoms with Crippen molar-refractivity contribution >= 4 is 11.8 Å². The summed E-state index contributed by atoms with van der Waals surface area (Å²) in [6.45, 7) is 0. The zero-order chi connectivity index (χ0) is 3.98. The summed E-state index contributed by atoms with van der Waals surface area (Å²) in [6, 6.07) is 0. The largest absolute Gasteiger partial charge is 0.486 e. The lowest BCUT2D eigenvalue weighted by Crippen LogP contribution is -1.79. The molecular weight excluding hydrogens is 96.1 g/mol. The Labute approximate surface area is 40.4 Å². The molecular formula is C4H4OS.